The zero-order valence-electron chi connectivity index (χ0n) is 14.8. The fourth-order valence-corrected chi connectivity index (χ4v) is 3.61. The van der Waals surface area contributed by atoms with Crippen molar-refractivity contribution in [3.63, 3.8) is 0 Å². The summed E-state index contributed by atoms with van der Waals surface area (Å²) in [6, 6.07) is 5.38. The predicted octanol–water partition coefficient (Wildman–Crippen LogP) is 2.68. The zero-order valence-corrected chi connectivity index (χ0v) is 14.8. The summed E-state index contributed by atoms with van der Waals surface area (Å²) in [6.07, 6.45) is 7.23. The van der Waals surface area contributed by atoms with Crippen LogP contribution in [0.3, 0.4) is 0 Å². The van der Waals surface area contributed by atoms with Crippen LogP contribution in [0.5, 0.6) is 0 Å². The van der Waals surface area contributed by atoms with E-state index in [9.17, 15) is 4.79 Å². The summed E-state index contributed by atoms with van der Waals surface area (Å²) in [5.74, 6) is 1.13. The van der Waals surface area contributed by atoms with Crippen molar-refractivity contribution in [1.82, 2.24) is 24.8 Å². The Labute approximate surface area is 151 Å². The minimum atomic E-state index is -0.126. The van der Waals surface area contributed by atoms with Gasteiger partial charge in [0.2, 0.25) is 0 Å². The summed E-state index contributed by atoms with van der Waals surface area (Å²) >= 11 is 0. The molecule has 7 heteroatoms. The van der Waals surface area contributed by atoms with Crippen LogP contribution in [0, 0.1) is 5.92 Å². The average molecular weight is 353 g/mol. The first-order chi connectivity index (χ1) is 12.8. The van der Waals surface area contributed by atoms with E-state index in [1.54, 1.807) is 12.5 Å². The first kappa shape index (κ1) is 16.8. The molecule has 1 atom stereocenters. The SMILES string of the molecule is CCn1ccnc1[C@H](NC(=O)c1ccc2nc[nH]c2c1)C1CCOCC1. The number of rotatable bonds is 5. The maximum atomic E-state index is 12.9. The predicted molar refractivity (Wildman–Crippen MR) is 97.7 cm³/mol. The van der Waals surface area contributed by atoms with E-state index >= 15 is 0 Å². The van der Waals surface area contributed by atoms with E-state index in [2.05, 4.69) is 31.8 Å². The van der Waals surface area contributed by atoms with Crippen LogP contribution in [0.25, 0.3) is 11.0 Å². The molecule has 1 aliphatic rings. The molecule has 1 saturated heterocycles. The van der Waals surface area contributed by atoms with Gasteiger partial charge in [0.1, 0.15) is 5.82 Å². The highest BCUT2D eigenvalue weighted by Gasteiger charge is 2.30. The lowest BCUT2D eigenvalue weighted by Gasteiger charge is -2.31. The smallest absolute Gasteiger partial charge is 0.251 e. The normalized spacial score (nSPS) is 16.7. The van der Waals surface area contributed by atoms with E-state index in [0.29, 0.717) is 11.5 Å². The lowest BCUT2D eigenvalue weighted by Crippen LogP contribution is -2.37. The highest BCUT2D eigenvalue weighted by Crippen LogP contribution is 2.30. The molecule has 0 saturated carbocycles. The summed E-state index contributed by atoms with van der Waals surface area (Å²) in [7, 11) is 0. The summed E-state index contributed by atoms with van der Waals surface area (Å²) in [6.45, 7) is 4.36. The van der Waals surface area contributed by atoms with Crippen LogP contribution in [-0.4, -0.2) is 38.6 Å². The molecule has 1 aromatic carbocycles. The van der Waals surface area contributed by atoms with Gasteiger partial charge in [-0.2, -0.15) is 0 Å². The molecule has 0 aliphatic carbocycles. The van der Waals surface area contributed by atoms with E-state index in [-0.39, 0.29) is 11.9 Å². The third-order valence-electron chi connectivity index (χ3n) is 5.07. The molecular formula is C19H23N5O2. The van der Waals surface area contributed by atoms with Gasteiger partial charge >= 0.3 is 0 Å². The molecule has 7 nitrogen and oxygen atoms in total. The highest BCUT2D eigenvalue weighted by atomic mass is 16.5. The second-order valence-electron chi connectivity index (χ2n) is 6.61. The van der Waals surface area contributed by atoms with Crippen LogP contribution in [0.1, 0.15) is 42.0 Å². The molecule has 4 rings (SSSR count). The molecule has 0 spiro atoms. The fraction of sp³-hybridized carbons (Fsp3) is 0.421. The molecule has 2 aromatic heterocycles. The van der Waals surface area contributed by atoms with Crippen LogP contribution in [0.4, 0.5) is 0 Å². The average Bonchev–Trinajstić information content (AvgIpc) is 3.34. The van der Waals surface area contributed by atoms with E-state index in [4.69, 9.17) is 4.74 Å². The number of nitrogens with zero attached hydrogens (tertiary/aromatic N) is 3. The third kappa shape index (κ3) is 3.22. The zero-order chi connectivity index (χ0) is 17.9. The van der Waals surface area contributed by atoms with E-state index in [0.717, 1.165) is 49.5 Å². The van der Waals surface area contributed by atoms with Crippen LogP contribution < -0.4 is 5.32 Å². The standard InChI is InChI=1S/C19H23N5O2/c1-2-24-8-7-20-18(24)17(13-5-9-26-10-6-13)23-19(25)14-3-4-15-16(11-14)22-12-21-15/h3-4,7-8,11-13,17H,2,5-6,9-10H2,1H3,(H,21,22)(H,23,25)/t17-/m1/s1. The van der Waals surface area contributed by atoms with Gasteiger partial charge in [-0.15, -0.1) is 0 Å². The first-order valence-electron chi connectivity index (χ1n) is 9.09. The Morgan fingerprint density at radius 1 is 1.38 bits per heavy atom. The number of aromatic nitrogens is 4. The Morgan fingerprint density at radius 3 is 3.04 bits per heavy atom. The summed E-state index contributed by atoms with van der Waals surface area (Å²) in [4.78, 5) is 24.7. The highest BCUT2D eigenvalue weighted by molar-refractivity contribution is 5.97. The number of carbonyl (C=O) groups is 1. The van der Waals surface area contributed by atoms with Crippen molar-refractivity contribution < 1.29 is 9.53 Å². The molecule has 1 aliphatic heterocycles. The van der Waals surface area contributed by atoms with Crippen LogP contribution in [0.15, 0.2) is 36.9 Å². The minimum absolute atomic E-state index is 0.0938. The van der Waals surface area contributed by atoms with Crippen molar-refractivity contribution in [2.45, 2.75) is 32.4 Å². The lowest BCUT2D eigenvalue weighted by atomic mass is 9.90. The molecular weight excluding hydrogens is 330 g/mol. The number of amides is 1. The van der Waals surface area contributed by atoms with Crippen LogP contribution in [0.2, 0.25) is 0 Å². The Bertz CT molecular complexity index is 894. The van der Waals surface area contributed by atoms with Gasteiger partial charge in [0, 0.05) is 37.7 Å². The van der Waals surface area contributed by atoms with Crippen molar-refractivity contribution in [3.8, 4) is 0 Å². The molecule has 26 heavy (non-hydrogen) atoms. The second-order valence-corrected chi connectivity index (χ2v) is 6.61. The molecule has 136 valence electrons. The number of aromatic amines is 1. The van der Waals surface area contributed by atoms with Gasteiger partial charge in [-0.3, -0.25) is 4.79 Å². The molecule has 3 heterocycles. The summed E-state index contributed by atoms with van der Waals surface area (Å²) < 4.78 is 7.60. The van der Waals surface area contributed by atoms with Crippen molar-refractivity contribution in [2.24, 2.45) is 5.92 Å². The number of hydrogen-bond donors (Lipinski definition) is 2. The number of nitrogens with one attached hydrogen (secondary N) is 2. The van der Waals surface area contributed by atoms with Gasteiger partial charge < -0.3 is 19.6 Å². The number of ether oxygens (including phenoxy) is 1. The molecule has 3 aromatic rings. The lowest BCUT2D eigenvalue weighted by molar-refractivity contribution is 0.0498. The van der Waals surface area contributed by atoms with Crippen molar-refractivity contribution in [3.05, 3.63) is 48.3 Å². The molecule has 0 radical (unpaired) electrons. The molecule has 2 N–H and O–H groups in total. The number of imidazole rings is 2. The maximum absolute atomic E-state index is 12.9. The topological polar surface area (TPSA) is 84.8 Å². The van der Waals surface area contributed by atoms with Gasteiger partial charge in [0.05, 0.1) is 23.4 Å². The fourth-order valence-electron chi connectivity index (χ4n) is 3.61. The third-order valence-corrected chi connectivity index (χ3v) is 5.07. The van der Waals surface area contributed by atoms with Crippen molar-refractivity contribution >= 4 is 16.9 Å². The monoisotopic (exact) mass is 353 g/mol. The number of benzene rings is 1. The van der Waals surface area contributed by atoms with Gasteiger partial charge in [-0.05, 0) is 43.9 Å². The van der Waals surface area contributed by atoms with Gasteiger partial charge in [0.15, 0.2) is 0 Å². The number of hydrogen-bond acceptors (Lipinski definition) is 4. The Hall–Kier alpha value is -2.67. The summed E-state index contributed by atoms with van der Waals surface area (Å²) in [5.41, 5.74) is 2.33. The molecule has 1 fully saturated rings. The Kier molecular flexibility index (Phi) is 4.71. The number of fused-ring (bicyclic) bond motifs is 1. The largest absolute Gasteiger partial charge is 0.381 e. The van der Waals surface area contributed by atoms with E-state index in [1.165, 1.54) is 0 Å². The van der Waals surface area contributed by atoms with Crippen LogP contribution in [-0.2, 0) is 11.3 Å². The van der Waals surface area contributed by atoms with E-state index in [1.807, 2.05) is 24.4 Å². The van der Waals surface area contributed by atoms with Gasteiger partial charge in [-0.1, -0.05) is 0 Å². The molecule has 1 amide bonds. The number of aryl methyl sites for hydroxylation is 1. The van der Waals surface area contributed by atoms with E-state index < -0.39 is 0 Å². The Morgan fingerprint density at radius 2 is 2.23 bits per heavy atom. The van der Waals surface area contributed by atoms with Gasteiger partial charge in [-0.25, -0.2) is 9.97 Å². The van der Waals surface area contributed by atoms with Crippen LogP contribution >= 0.6 is 0 Å². The van der Waals surface area contributed by atoms with Gasteiger partial charge in [0.25, 0.3) is 5.91 Å². The van der Waals surface area contributed by atoms with Crippen molar-refractivity contribution in [1.29, 1.82) is 0 Å². The maximum Gasteiger partial charge on any atom is 0.251 e. The quantitative estimate of drug-likeness (QED) is 0.738. The van der Waals surface area contributed by atoms with Crippen molar-refractivity contribution in [2.75, 3.05) is 13.2 Å². The summed E-state index contributed by atoms with van der Waals surface area (Å²) in [5, 5.41) is 3.22. The Balaban J connectivity index is 1.61. The number of carbonyl (C=O) groups excluding carboxylic acids is 1. The first-order valence-corrected chi connectivity index (χ1v) is 9.09. The molecule has 0 bridgehead atoms. The molecule has 0 unspecified atom stereocenters. The minimum Gasteiger partial charge on any atom is -0.381 e. The number of H-pyrrole nitrogens is 1. The second kappa shape index (κ2) is 7.29.